The number of methoxy groups -OCH3 is 1. The van der Waals surface area contributed by atoms with Crippen molar-refractivity contribution in [3.05, 3.63) is 0 Å². The van der Waals surface area contributed by atoms with Crippen LogP contribution in [0.25, 0.3) is 0 Å². The second kappa shape index (κ2) is 6.36. The molecule has 0 spiro atoms. The summed E-state index contributed by atoms with van der Waals surface area (Å²) in [5.41, 5.74) is 0.0429. The Balaban J connectivity index is 2.48. The summed E-state index contributed by atoms with van der Waals surface area (Å²) in [5.74, 6) is 0.109. The van der Waals surface area contributed by atoms with Crippen LogP contribution in [0.4, 0.5) is 0 Å². The Kier molecular flexibility index (Phi) is 5.40. The molecule has 1 unspecified atom stereocenters. The van der Waals surface area contributed by atoms with E-state index in [1.165, 1.54) is 0 Å². The van der Waals surface area contributed by atoms with Crippen molar-refractivity contribution in [2.45, 2.75) is 33.1 Å². The summed E-state index contributed by atoms with van der Waals surface area (Å²) in [5, 5.41) is 9.44. The molecule has 1 atom stereocenters. The fraction of sp³-hybridized carbons (Fsp3) is 0.923. The molecule has 1 rings (SSSR count). The molecule has 0 bridgehead atoms. The van der Waals surface area contributed by atoms with Gasteiger partial charge in [-0.15, -0.1) is 0 Å². The van der Waals surface area contributed by atoms with Crippen molar-refractivity contribution in [3.8, 4) is 0 Å². The molecule has 0 saturated carbocycles. The second-order valence-electron chi connectivity index (χ2n) is 5.19. The lowest BCUT2D eigenvalue weighted by molar-refractivity contribution is -0.139. The van der Waals surface area contributed by atoms with Crippen LogP contribution in [0.2, 0.25) is 0 Å². The molecule has 1 aliphatic heterocycles. The van der Waals surface area contributed by atoms with Gasteiger partial charge in [0.25, 0.3) is 0 Å². The van der Waals surface area contributed by atoms with Crippen molar-refractivity contribution in [3.63, 3.8) is 0 Å². The summed E-state index contributed by atoms with van der Waals surface area (Å²) < 4.78 is 5.01. The number of piperidine rings is 1. The van der Waals surface area contributed by atoms with E-state index in [1.807, 2.05) is 11.8 Å². The van der Waals surface area contributed by atoms with Crippen LogP contribution >= 0.6 is 0 Å². The number of aliphatic hydroxyl groups is 1. The fourth-order valence-corrected chi connectivity index (χ4v) is 2.46. The molecule has 0 aromatic rings. The molecular weight excluding hydrogens is 218 g/mol. The molecule has 1 heterocycles. The van der Waals surface area contributed by atoms with Crippen LogP contribution in [0.3, 0.4) is 0 Å². The maximum atomic E-state index is 12.1. The fourth-order valence-electron chi connectivity index (χ4n) is 2.46. The molecule has 1 aliphatic rings. The number of amides is 1. The molecule has 1 fully saturated rings. The van der Waals surface area contributed by atoms with E-state index in [-0.39, 0.29) is 23.8 Å². The van der Waals surface area contributed by atoms with Crippen molar-refractivity contribution in [1.29, 1.82) is 0 Å². The highest BCUT2D eigenvalue weighted by atomic mass is 16.5. The molecule has 17 heavy (non-hydrogen) atoms. The molecule has 0 aromatic carbocycles. The largest absolute Gasteiger partial charge is 0.396 e. The molecule has 1 saturated heterocycles. The summed E-state index contributed by atoms with van der Waals surface area (Å²) in [6.07, 6.45) is 2.80. The van der Waals surface area contributed by atoms with E-state index in [1.54, 1.807) is 7.11 Å². The first-order valence-corrected chi connectivity index (χ1v) is 6.47. The molecule has 1 amide bonds. The molecule has 0 aromatic heterocycles. The number of hydrogen-bond acceptors (Lipinski definition) is 3. The lowest BCUT2D eigenvalue weighted by atomic mass is 9.77. The van der Waals surface area contributed by atoms with Crippen molar-refractivity contribution >= 4 is 5.91 Å². The van der Waals surface area contributed by atoms with E-state index in [2.05, 4.69) is 6.92 Å². The average Bonchev–Trinajstić information content (AvgIpc) is 2.38. The van der Waals surface area contributed by atoms with Gasteiger partial charge in [-0.1, -0.05) is 13.8 Å². The third-order valence-corrected chi connectivity index (χ3v) is 4.06. The van der Waals surface area contributed by atoms with Crippen molar-refractivity contribution in [2.24, 2.45) is 11.3 Å². The zero-order valence-corrected chi connectivity index (χ0v) is 11.2. The van der Waals surface area contributed by atoms with Crippen molar-refractivity contribution in [2.75, 3.05) is 33.4 Å². The molecule has 1 N–H and O–H groups in total. The van der Waals surface area contributed by atoms with Crippen molar-refractivity contribution < 1.29 is 14.6 Å². The lowest BCUT2D eigenvalue weighted by Gasteiger charge is -2.41. The third-order valence-electron chi connectivity index (χ3n) is 4.06. The highest BCUT2D eigenvalue weighted by molar-refractivity contribution is 5.78. The standard InChI is InChI=1S/C13H25NO3/c1-4-13(10-15)5-7-14(8-6-13)12(16)11(2)9-17-3/h11,15H,4-10H2,1-3H3. The number of rotatable bonds is 5. The summed E-state index contributed by atoms with van der Waals surface area (Å²) in [7, 11) is 1.62. The van der Waals surface area contributed by atoms with Gasteiger partial charge in [0.05, 0.1) is 12.5 Å². The van der Waals surface area contributed by atoms with E-state index < -0.39 is 0 Å². The Labute approximate surface area is 104 Å². The number of hydrogen-bond donors (Lipinski definition) is 1. The van der Waals surface area contributed by atoms with Gasteiger partial charge in [0.1, 0.15) is 0 Å². The van der Waals surface area contributed by atoms with Crippen LogP contribution in [-0.4, -0.2) is 49.3 Å². The topological polar surface area (TPSA) is 49.8 Å². The van der Waals surface area contributed by atoms with Gasteiger partial charge in [-0.25, -0.2) is 0 Å². The zero-order chi connectivity index (χ0) is 12.9. The van der Waals surface area contributed by atoms with Crippen molar-refractivity contribution in [1.82, 2.24) is 4.90 Å². The normalized spacial score (nSPS) is 21.3. The van der Waals surface area contributed by atoms with Crippen LogP contribution in [-0.2, 0) is 9.53 Å². The third kappa shape index (κ3) is 3.42. The minimum atomic E-state index is -0.0664. The minimum absolute atomic E-state index is 0.0429. The Bertz CT molecular complexity index is 241. The van der Waals surface area contributed by atoms with Crippen LogP contribution < -0.4 is 0 Å². The van der Waals surface area contributed by atoms with Crippen LogP contribution in [0.15, 0.2) is 0 Å². The second-order valence-corrected chi connectivity index (χ2v) is 5.19. The molecule has 4 heteroatoms. The Morgan fingerprint density at radius 3 is 2.47 bits per heavy atom. The summed E-state index contributed by atoms with van der Waals surface area (Å²) in [6.45, 7) is 6.26. The predicted molar refractivity (Wildman–Crippen MR) is 66.7 cm³/mol. The average molecular weight is 243 g/mol. The van der Waals surface area contributed by atoms with Crippen LogP contribution in [0.1, 0.15) is 33.1 Å². The Morgan fingerprint density at radius 2 is 2.06 bits per heavy atom. The Morgan fingerprint density at radius 1 is 1.47 bits per heavy atom. The van der Waals surface area contributed by atoms with Gasteiger partial charge in [0.2, 0.25) is 5.91 Å². The molecular formula is C13H25NO3. The number of carbonyl (C=O) groups excluding carboxylic acids is 1. The maximum absolute atomic E-state index is 12.1. The predicted octanol–water partition coefficient (Wildman–Crippen LogP) is 1.28. The van der Waals surface area contributed by atoms with Gasteiger partial charge in [-0.2, -0.15) is 0 Å². The van der Waals surface area contributed by atoms with E-state index in [9.17, 15) is 9.90 Å². The van der Waals surface area contributed by atoms with Crippen LogP contribution in [0, 0.1) is 11.3 Å². The van der Waals surface area contributed by atoms with E-state index in [0.29, 0.717) is 6.61 Å². The molecule has 100 valence electrons. The van der Waals surface area contributed by atoms with Gasteiger partial charge < -0.3 is 14.7 Å². The van der Waals surface area contributed by atoms with Gasteiger partial charge in [-0.3, -0.25) is 4.79 Å². The van der Waals surface area contributed by atoms with Gasteiger partial charge in [0, 0.05) is 26.8 Å². The van der Waals surface area contributed by atoms with Crippen LogP contribution in [0.5, 0.6) is 0 Å². The maximum Gasteiger partial charge on any atom is 0.227 e. The monoisotopic (exact) mass is 243 g/mol. The number of ether oxygens (including phenoxy) is 1. The number of likely N-dealkylation sites (tertiary alicyclic amines) is 1. The molecule has 4 nitrogen and oxygen atoms in total. The quantitative estimate of drug-likeness (QED) is 0.791. The number of nitrogens with zero attached hydrogens (tertiary/aromatic N) is 1. The number of carbonyl (C=O) groups is 1. The first-order valence-electron chi connectivity index (χ1n) is 6.47. The van der Waals surface area contributed by atoms with E-state index in [4.69, 9.17) is 4.74 Å². The first kappa shape index (κ1) is 14.5. The van der Waals surface area contributed by atoms with E-state index >= 15 is 0 Å². The highest BCUT2D eigenvalue weighted by Crippen LogP contribution is 2.34. The summed E-state index contributed by atoms with van der Waals surface area (Å²) >= 11 is 0. The molecule has 0 aliphatic carbocycles. The van der Waals surface area contributed by atoms with Gasteiger partial charge in [-0.05, 0) is 24.7 Å². The van der Waals surface area contributed by atoms with Gasteiger partial charge >= 0.3 is 0 Å². The number of aliphatic hydroxyl groups excluding tert-OH is 1. The van der Waals surface area contributed by atoms with E-state index in [0.717, 1.165) is 32.4 Å². The zero-order valence-electron chi connectivity index (χ0n) is 11.2. The Hall–Kier alpha value is -0.610. The van der Waals surface area contributed by atoms with Gasteiger partial charge in [0.15, 0.2) is 0 Å². The molecule has 0 radical (unpaired) electrons. The summed E-state index contributed by atoms with van der Waals surface area (Å²) in [4.78, 5) is 14.0. The smallest absolute Gasteiger partial charge is 0.227 e. The SMILES string of the molecule is CCC1(CO)CCN(C(=O)C(C)COC)CC1. The lowest BCUT2D eigenvalue weighted by Crippen LogP contribution is -2.46. The first-order chi connectivity index (χ1) is 8.08. The minimum Gasteiger partial charge on any atom is -0.396 e. The highest BCUT2D eigenvalue weighted by Gasteiger charge is 2.34. The summed E-state index contributed by atoms with van der Waals surface area (Å²) in [6, 6.07) is 0.